The van der Waals surface area contributed by atoms with Gasteiger partial charge < -0.3 is 21.7 Å². The molecule has 2 aliphatic rings. The normalized spacial score (nSPS) is 22.9. The average Bonchev–Trinajstić information content (AvgIpc) is 2.38. The molecule has 0 aromatic carbocycles. The minimum atomic E-state index is -0.708. The molecule has 5 N–H and O–H groups in total. The van der Waals surface area contributed by atoms with Crippen LogP contribution in [0.25, 0.3) is 0 Å². The third kappa shape index (κ3) is 2.56. The molecule has 2 fully saturated rings. The van der Waals surface area contributed by atoms with Gasteiger partial charge in [-0.15, -0.1) is 0 Å². The highest BCUT2D eigenvalue weighted by Gasteiger charge is 2.54. The standard InChI is InChI=1S/C12H20N4O3/c13-9(17)2-1-8(10(14)18)16-7-12(11(16)19)3-5-15-6-4-12/h8,15H,1-7H2,(H2,13,17)(H2,14,18)/t8-/m0/s1. The van der Waals surface area contributed by atoms with E-state index < -0.39 is 17.9 Å². The Morgan fingerprint density at radius 1 is 1.32 bits per heavy atom. The highest BCUT2D eigenvalue weighted by Crippen LogP contribution is 2.41. The molecule has 2 saturated heterocycles. The number of nitrogens with zero attached hydrogens (tertiary/aromatic N) is 1. The van der Waals surface area contributed by atoms with Gasteiger partial charge in [-0.3, -0.25) is 14.4 Å². The van der Waals surface area contributed by atoms with Crippen molar-refractivity contribution in [1.29, 1.82) is 0 Å². The molecule has 0 saturated carbocycles. The molecule has 0 bridgehead atoms. The first kappa shape index (κ1) is 13.8. The average molecular weight is 268 g/mol. The van der Waals surface area contributed by atoms with Crippen molar-refractivity contribution in [2.75, 3.05) is 19.6 Å². The van der Waals surface area contributed by atoms with E-state index in [1.54, 1.807) is 0 Å². The molecule has 1 spiro atoms. The van der Waals surface area contributed by atoms with Crippen LogP contribution in [-0.4, -0.2) is 48.3 Å². The largest absolute Gasteiger partial charge is 0.370 e. The number of hydrogen-bond acceptors (Lipinski definition) is 4. The molecule has 3 amide bonds. The van der Waals surface area contributed by atoms with Crippen molar-refractivity contribution in [2.24, 2.45) is 16.9 Å². The third-order valence-corrected chi connectivity index (χ3v) is 4.12. The number of β-lactam (4-membered cyclic amide) rings is 1. The predicted octanol–water partition coefficient (Wildman–Crippen LogP) is -1.68. The summed E-state index contributed by atoms with van der Waals surface area (Å²) in [6.07, 6.45) is 1.87. The van der Waals surface area contributed by atoms with Crippen LogP contribution in [-0.2, 0) is 14.4 Å². The van der Waals surface area contributed by atoms with Crippen molar-refractivity contribution in [2.45, 2.75) is 31.7 Å². The van der Waals surface area contributed by atoms with Crippen LogP contribution in [0, 0.1) is 5.41 Å². The van der Waals surface area contributed by atoms with Crippen LogP contribution in [0.1, 0.15) is 25.7 Å². The van der Waals surface area contributed by atoms with Crippen LogP contribution >= 0.6 is 0 Å². The van der Waals surface area contributed by atoms with Gasteiger partial charge >= 0.3 is 0 Å². The molecule has 0 unspecified atom stereocenters. The second-order valence-corrected chi connectivity index (χ2v) is 5.39. The zero-order chi connectivity index (χ0) is 14.0. The summed E-state index contributed by atoms with van der Waals surface area (Å²) in [5, 5.41) is 3.21. The second kappa shape index (κ2) is 5.16. The molecule has 19 heavy (non-hydrogen) atoms. The molecule has 0 aromatic rings. The van der Waals surface area contributed by atoms with E-state index in [0.29, 0.717) is 6.54 Å². The monoisotopic (exact) mass is 268 g/mol. The van der Waals surface area contributed by atoms with Crippen molar-refractivity contribution in [3.63, 3.8) is 0 Å². The minimum Gasteiger partial charge on any atom is -0.370 e. The van der Waals surface area contributed by atoms with Gasteiger partial charge in [0.2, 0.25) is 17.7 Å². The quantitative estimate of drug-likeness (QED) is 0.516. The number of nitrogens with one attached hydrogen (secondary N) is 1. The van der Waals surface area contributed by atoms with Gasteiger partial charge in [-0.25, -0.2) is 0 Å². The van der Waals surface area contributed by atoms with Gasteiger partial charge in [-0.1, -0.05) is 0 Å². The van der Waals surface area contributed by atoms with Crippen molar-refractivity contribution >= 4 is 17.7 Å². The summed E-state index contributed by atoms with van der Waals surface area (Å²) in [5.41, 5.74) is 10.1. The highest BCUT2D eigenvalue weighted by atomic mass is 16.2. The van der Waals surface area contributed by atoms with Crippen molar-refractivity contribution in [3.05, 3.63) is 0 Å². The Morgan fingerprint density at radius 3 is 2.42 bits per heavy atom. The molecule has 0 aliphatic carbocycles. The van der Waals surface area contributed by atoms with Gasteiger partial charge in [-0.2, -0.15) is 0 Å². The van der Waals surface area contributed by atoms with E-state index in [9.17, 15) is 14.4 Å². The number of primary amides is 2. The lowest BCUT2D eigenvalue weighted by atomic mass is 9.70. The second-order valence-electron chi connectivity index (χ2n) is 5.39. The Kier molecular flexibility index (Phi) is 3.75. The number of likely N-dealkylation sites (tertiary alicyclic amines) is 1. The highest BCUT2D eigenvalue weighted by molar-refractivity contribution is 5.94. The van der Waals surface area contributed by atoms with E-state index in [-0.39, 0.29) is 24.2 Å². The third-order valence-electron chi connectivity index (χ3n) is 4.12. The summed E-state index contributed by atoms with van der Waals surface area (Å²) < 4.78 is 0. The summed E-state index contributed by atoms with van der Waals surface area (Å²) in [5.74, 6) is -1.07. The fourth-order valence-corrected chi connectivity index (χ4v) is 2.94. The lowest BCUT2D eigenvalue weighted by Crippen LogP contribution is -2.68. The Labute approximate surface area is 111 Å². The number of carbonyl (C=O) groups is 3. The van der Waals surface area contributed by atoms with Crippen molar-refractivity contribution < 1.29 is 14.4 Å². The van der Waals surface area contributed by atoms with Crippen LogP contribution < -0.4 is 16.8 Å². The summed E-state index contributed by atoms with van der Waals surface area (Å²) in [4.78, 5) is 36.0. The van der Waals surface area contributed by atoms with Crippen LogP contribution in [0.3, 0.4) is 0 Å². The molecule has 1 atom stereocenters. The SMILES string of the molecule is NC(=O)CC[C@@H](C(N)=O)N1CC2(CCNCC2)C1=O. The summed E-state index contributed by atoms with van der Waals surface area (Å²) >= 11 is 0. The van der Waals surface area contributed by atoms with Crippen molar-refractivity contribution in [1.82, 2.24) is 10.2 Å². The van der Waals surface area contributed by atoms with Crippen LogP contribution in [0.15, 0.2) is 0 Å². The zero-order valence-electron chi connectivity index (χ0n) is 10.9. The van der Waals surface area contributed by atoms with Gasteiger partial charge in [0, 0.05) is 13.0 Å². The molecule has 2 rings (SSSR count). The zero-order valence-corrected chi connectivity index (χ0v) is 10.9. The molecule has 7 heteroatoms. The van der Waals surface area contributed by atoms with Gasteiger partial charge in [0.25, 0.3) is 0 Å². The van der Waals surface area contributed by atoms with Gasteiger partial charge in [-0.05, 0) is 32.4 Å². The van der Waals surface area contributed by atoms with E-state index in [1.165, 1.54) is 4.90 Å². The summed E-state index contributed by atoms with van der Waals surface area (Å²) in [6.45, 7) is 2.20. The Bertz CT molecular complexity index is 404. The molecule has 7 nitrogen and oxygen atoms in total. The van der Waals surface area contributed by atoms with E-state index in [0.717, 1.165) is 25.9 Å². The first-order valence-corrected chi connectivity index (χ1v) is 6.56. The topological polar surface area (TPSA) is 119 Å². The first-order valence-electron chi connectivity index (χ1n) is 6.56. The number of amides is 3. The fourth-order valence-electron chi connectivity index (χ4n) is 2.94. The fraction of sp³-hybridized carbons (Fsp3) is 0.750. The van der Waals surface area contributed by atoms with Gasteiger partial charge in [0.1, 0.15) is 6.04 Å². The number of hydrogen-bond donors (Lipinski definition) is 3. The maximum absolute atomic E-state index is 12.3. The van der Waals surface area contributed by atoms with Crippen LogP contribution in [0.4, 0.5) is 0 Å². The maximum Gasteiger partial charge on any atom is 0.240 e. The van der Waals surface area contributed by atoms with E-state index in [4.69, 9.17) is 11.5 Å². The molecular weight excluding hydrogens is 248 g/mol. The molecule has 2 heterocycles. The van der Waals surface area contributed by atoms with Crippen LogP contribution in [0.5, 0.6) is 0 Å². The van der Waals surface area contributed by atoms with Crippen molar-refractivity contribution in [3.8, 4) is 0 Å². The van der Waals surface area contributed by atoms with E-state index in [1.807, 2.05) is 0 Å². The lowest BCUT2D eigenvalue weighted by molar-refractivity contribution is -0.170. The van der Waals surface area contributed by atoms with E-state index in [2.05, 4.69) is 5.32 Å². The Hall–Kier alpha value is -1.63. The Balaban J connectivity index is 1.99. The number of piperidine rings is 1. The molecule has 2 aliphatic heterocycles. The smallest absolute Gasteiger partial charge is 0.240 e. The molecule has 0 aromatic heterocycles. The molecule has 106 valence electrons. The molecule has 0 radical (unpaired) electrons. The minimum absolute atomic E-state index is 0.0118. The van der Waals surface area contributed by atoms with Gasteiger partial charge in [0.05, 0.1) is 5.41 Å². The number of rotatable bonds is 5. The number of carbonyl (C=O) groups excluding carboxylic acids is 3. The van der Waals surface area contributed by atoms with Crippen LogP contribution in [0.2, 0.25) is 0 Å². The maximum atomic E-state index is 12.3. The predicted molar refractivity (Wildman–Crippen MR) is 67.7 cm³/mol. The first-order chi connectivity index (χ1) is 8.96. The summed E-state index contributed by atoms with van der Waals surface area (Å²) in [7, 11) is 0. The number of nitrogens with two attached hydrogens (primary N) is 2. The van der Waals surface area contributed by atoms with E-state index >= 15 is 0 Å². The summed E-state index contributed by atoms with van der Waals surface area (Å²) in [6, 6.07) is -0.708. The molecular formula is C12H20N4O3. The van der Waals surface area contributed by atoms with Gasteiger partial charge in [0.15, 0.2) is 0 Å². The Morgan fingerprint density at radius 2 is 1.95 bits per heavy atom. The lowest BCUT2D eigenvalue weighted by Gasteiger charge is -2.53.